The maximum absolute atomic E-state index is 3.30. The molecule has 2 nitrogen and oxygen atoms in total. The Bertz CT molecular complexity index is 315. The lowest BCUT2D eigenvalue weighted by molar-refractivity contribution is 0.266. The minimum absolute atomic E-state index is 0.761. The molecule has 1 aromatic rings. The largest absolute Gasteiger partial charge is 0.318 e. The summed E-state index contributed by atoms with van der Waals surface area (Å²) in [5.41, 5.74) is 0. The number of thioether (sulfide) groups is 1. The Morgan fingerprint density at radius 3 is 2.94 bits per heavy atom. The van der Waals surface area contributed by atoms with Crippen molar-refractivity contribution in [3.63, 3.8) is 0 Å². The molecule has 1 atom stereocenters. The molecule has 1 aliphatic rings. The van der Waals surface area contributed by atoms with Gasteiger partial charge in [-0.3, -0.25) is 4.90 Å². The van der Waals surface area contributed by atoms with Crippen LogP contribution in [0.4, 0.5) is 0 Å². The van der Waals surface area contributed by atoms with Crippen LogP contribution in [0.25, 0.3) is 0 Å². The molecule has 0 aliphatic carbocycles. The van der Waals surface area contributed by atoms with Gasteiger partial charge in [0, 0.05) is 29.8 Å². The van der Waals surface area contributed by atoms with Crippen molar-refractivity contribution in [2.75, 3.05) is 32.4 Å². The number of benzene rings is 1. The number of nitrogens with one attached hydrogen (secondary N) is 1. The highest BCUT2D eigenvalue weighted by Crippen LogP contribution is 2.20. The Morgan fingerprint density at radius 1 is 1.35 bits per heavy atom. The zero-order valence-corrected chi connectivity index (χ0v) is 11.4. The van der Waals surface area contributed by atoms with Gasteiger partial charge >= 0.3 is 0 Å². The van der Waals surface area contributed by atoms with Crippen LogP contribution >= 0.6 is 11.8 Å². The molecule has 1 unspecified atom stereocenters. The third-order valence-electron chi connectivity index (χ3n) is 3.33. The quantitative estimate of drug-likeness (QED) is 0.781. The molecule has 0 radical (unpaired) electrons. The maximum Gasteiger partial charge on any atom is 0.0221 e. The first-order valence-electron chi connectivity index (χ1n) is 6.46. The Morgan fingerprint density at radius 2 is 2.18 bits per heavy atom. The fourth-order valence-electron chi connectivity index (χ4n) is 2.45. The zero-order valence-electron chi connectivity index (χ0n) is 10.6. The SMILES string of the molecule is CNCC1CCCN1CCSc1ccccc1. The Hall–Kier alpha value is -0.510. The van der Waals surface area contributed by atoms with Gasteiger partial charge in [0.25, 0.3) is 0 Å². The van der Waals surface area contributed by atoms with Crippen molar-refractivity contribution in [3.05, 3.63) is 30.3 Å². The van der Waals surface area contributed by atoms with E-state index in [-0.39, 0.29) is 0 Å². The lowest BCUT2D eigenvalue weighted by atomic mass is 10.2. The van der Waals surface area contributed by atoms with Gasteiger partial charge in [0.2, 0.25) is 0 Å². The van der Waals surface area contributed by atoms with E-state index >= 15 is 0 Å². The monoisotopic (exact) mass is 250 g/mol. The first kappa shape index (κ1) is 12.9. The smallest absolute Gasteiger partial charge is 0.0221 e. The van der Waals surface area contributed by atoms with E-state index in [9.17, 15) is 0 Å². The first-order chi connectivity index (χ1) is 8.40. The van der Waals surface area contributed by atoms with Gasteiger partial charge in [0.05, 0.1) is 0 Å². The molecule has 0 aromatic heterocycles. The van der Waals surface area contributed by atoms with Crippen molar-refractivity contribution in [3.8, 4) is 0 Å². The molecule has 17 heavy (non-hydrogen) atoms. The predicted molar refractivity (Wildman–Crippen MR) is 75.7 cm³/mol. The van der Waals surface area contributed by atoms with E-state index < -0.39 is 0 Å². The van der Waals surface area contributed by atoms with Crippen LogP contribution in [-0.4, -0.2) is 43.4 Å². The summed E-state index contributed by atoms with van der Waals surface area (Å²) in [7, 11) is 2.05. The summed E-state index contributed by atoms with van der Waals surface area (Å²) in [6.07, 6.45) is 2.72. The summed E-state index contributed by atoms with van der Waals surface area (Å²) in [5, 5.41) is 3.30. The van der Waals surface area contributed by atoms with Gasteiger partial charge in [-0.1, -0.05) is 18.2 Å². The van der Waals surface area contributed by atoms with Crippen molar-refractivity contribution in [2.45, 2.75) is 23.8 Å². The Kier molecular flexibility index (Phi) is 5.36. The molecule has 0 amide bonds. The molecule has 1 aromatic carbocycles. The third kappa shape index (κ3) is 4.02. The normalized spacial score (nSPS) is 20.9. The first-order valence-corrected chi connectivity index (χ1v) is 7.45. The topological polar surface area (TPSA) is 15.3 Å². The Balaban J connectivity index is 1.71. The Labute approximate surface area is 109 Å². The van der Waals surface area contributed by atoms with Gasteiger partial charge in [-0.05, 0) is 38.6 Å². The van der Waals surface area contributed by atoms with Crippen molar-refractivity contribution >= 4 is 11.8 Å². The highest BCUT2D eigenvalue weighted by atomic mass is 32.2. The second kappa shape index (κ2) is 7.04. The second-order valence-electron chi connectivity index (χ2n) is 4.55. The van der Waals surface area contributed by atoms with E-state index in [0.717, 1.165) is 12.6 Å². The number of hydrogen-bond acceptors (Lipinski definition) is 3. The number of nitrogens with zero attached hydrogens (tertiary/aromatic N) is 1. The van der Waals surface area contributed by atoms with Crippen molar-refractivity contribution in [2.24, 2.45) is 0 Å². The summed E-state index contributed by atoms with van der Waals surface area (Å²) < 4.78 is 0. The fraction of sp³-hybridized carbons (Fsp3) is 0.571. The highest BCUT2D eigenvalue weighted by molar-refractivity contribution is 7.99. The van der Waals surface area contributed by atoms with E-state index in [1.807, 2.05) is 11.8 Å². The lowest BCUT2D eigenvalue weighted by Crippen LogP contribution is -2.37. The van der Waals surface area contributed by atoms with Crippen molar-refractivity contribution < 1.29 is 0 Å². The number of hydrogen-bond donors (Lipinski definition) is 1. The van der Waals surface area contributed by atoms with E-state index in [2.05, 4.69) is 47.6 Å². The minimum atomic E-state index is 0.761. The fourth-order valence-corrected chi connectivity index (χ4v) is 3.36. The zero-order chi connectivity index (χ0) is 11.9. The molecular weight excluding hydrogens is 228 g/mol. The average Bonchev–Trinajstić information content (AvgIpc) is 2.79. The average molecular weight is 250 g/mol. The van der Waals surface area contributed by atoms with Gasteiger partial charge in [-0.25, -0.2) is 0 Å². The van der Waals surface area contributed by atoms with E-state index in [0.29, 0.717) is 0 Å². The van der Waals surface area contributed by atoms with Crippen LogP contribution in [0, 0.1) is 0 Å². The van der Waals surface area contributed by atoms with Gasteiger partial charge in [-0.2, -0.15) is 0 Å². The molecule has 3 heteroatoms. The summed E-state index contributed by atoms with van der Waals surface area (Å²) in [6.45, 7) is 3.63. The summed E-state index contributed by atoms with van der Waals surface area (Å²) >= 11 is 1.97. The van der Waals surface area contributed by atoms with Crippen LogP contribution in [0.2, 0.25) is 0 Å². The standard InChI is InChI=1S/C14H22N2S/c1-15-12-13-6-5-9-16(13)10-11-17-14-7-3-2-4-8-14/h2-4,7-8,13,15H,5-6,9-12H2,1H3. The van der Waals surface area contributed by atoms with E-state index in [4.69, 9.17) is 0 Å². The number of likely N-dealkylation sites (N-methyl/N-ethyl adjacent to an activating group) is 1. The molecule has 1 fully saturated rings. The van der Waals surface area contributed by atoms with Crippen molar-refractivity contribution in [1.82, 2.24) is 10.2 Å². The predicted octanol–water partition coefficient (Wildman–Crippen LogP) is 2.46. The van der Waals surface area contributed by atoms with E-state index in [1.165, 1.54) is 36.6 Å². The molecule has 0 saturated carbocycles. The molecular formula is C14H22N2S. The van der Waals surface area contributed by atoms with Crippen LogP contribution in [0.1, 0.15) is 12.8 Å². The second-order valence-corrected chi connectivity index (χ2v) is 5.72. The number of likely N-dealkylation sites (tertiary alicyclic amines) is 1. The molecule has 2 rings (SSSR count). The van der Waals surface area contributed by atoms with Crippen LogP contribution in [0.5, 0.6) is 0 Å². The molecule has 0 bridgehead atoms. The van der Waals surface area contributed by atoms with Gasteiger partial charge < -0.3 is 5.32 Å². The van der Waals surface area contributed by atoms with Crippen LogP contribution in [0.15, 0.2) is 35.2 Å². The van der Waals surface area contributed by atoms with Crippen molar-refractivity contribution in [1.29, 1.82) is 0 Å². The van der Waals surface area contributed by atoms with Crippen LogP contribution in [-0.2, 0) is 0 Å². The minimum Gasteiger partial charge on any atom is -0.318 e. The van der Waals surface area contributed by atoms with Gasteiger partial charge in [0.15, 0.2) is 0 Å². The molecule has 94 valence electrons. The summed E-state index contributed by atoms with van der Waals surface area (Å²) in [6, 6.07) is 11.5. The molecule has 1 aliphatic heterocycles. The summed E-state index contributed by atoms with van der Waals surface area (Å²) in [5.74, 6) is 1.20. The molecule has 1 N–H and O–H groups in total. The lowest BCUT2D eigenvalue weighted by Gasteiger charge is -2.23. The van der Waals surface area contributed by atoms with Gasteiger partial charge in [0.1, 0.15) is 0 Å². The highest BCUT2D eigenvalue weighted by Gasteiger charge is 2.22. The number of rotatable bonds is 6. The van der Waals surface area contributed by atoms with Crippen LogP contribution in [0.3, 0.4) is 0 Å². The third-order valence-corrected chi connectivity index (χ3v) is 4.32. The molecule has 1 heterocycles. The van der Waals surface area contributed by atoms with Gasteiger partial charge in [-0.15, -0.1) is 11.8 Å². The summed E-state index contributed by atoms with van der Waals surface area (Å²) in [4.78, 5) is 4.02. The molecule has 1 saturated heterocycles. The van der Waals surface area contributed by atoms with E-state index in [1.54, 1.807) is 0 Å². The van der Waals surface area contributed by atoms with Crippen LogP contribution < -0.4 is 5.32 Å². The maximum atomic E-state index is 3.30. The molecule has 0 spiro atoms.